The highest BCUT2D eigenvalue weighted by Gasteiger charge is 2.39. The predicted molar refractivity (Wildman–Crippen MR) is 241 cm³/mol. The van der Waals surface area contributed by atoms with E-state index in [1.54, 1.807) is 0 Å². The molecule has 0 amide bonds. The summed E-state index contributed by atoms with van der Waals surface area (Å²) in [5, 5.41) is 9.22. The highest BCUT2D eigenvalue weighted by atomic mass is 16.5. The Bertz CT molecular complexity index is 865. The quantitative estimate of drug-likeness (QED) is 0.0495. The summed E-state index contributed by atoms with van der Waals surface area (Å²) in [5.74, 6) is 0.0984. The summed E-state index contributed by atoms with van der Waals surface area (Å²) in [7, 11) is 0. The van der Waals surface area contributed by atoms with Crippen molar-refractivity contribution >= 4 is 11.9 Å². The van der Waals surface area contributed by atoms with Crippen LogP contribution in [0.25, 0.3) is 0 Å². The molecule has 336 valence electrons. The number of piperidine rings is 2. The number of hydrogen-bond donors (Lipinski definition) is 1. The van der Waals surface area contributed by atoms with Crippen LogP contribution in [-0.4, -0.2) is 85.4 Å². The van der Waals surface area contributed by atoms with Gasteiger partial charge in [0.05, 0.1) is 25.0 Å². The van der Waals surface area contributed by atoms with Crippen molar-refractivity contribution in [2.45, 2.75) is 239 Å². The van der Waals surface area contributed by atoms with Crippen molar-refractivity contribution in [1.29, 1.82) is 0 Å². The minimum absolute atomic E-state index is 0.0234. The summed E-state index contributed by atoms with van der Waals surface area (Å²) in [5.41, 5.74) is 0.441. The highest BCUT2D eigenvalue weighted by molar-refractivity contribution is 5.72. The summed E-state index contributed by atoms with van der Waals surface area (Å²) in [6.45, 7) is 15.9. The van der Waals surface area contributed by atoms with Gasteiger partial charge in [-0.2, -0.15) is 0 Å². The third-order valence-corrected chi connectivity index (χ3v) is 13.9. The van der Waals surface area contributed by atoms with Gasteiger partial charge in [0, 0.05) is 12.6 Å². The van der Waals surface area contributed by atoms with Gasteiger partial charge in [-0.3, -0.25) is 9.59 Å². The summed E-state index contributed by atoms with van der Waals surface area (Å²) < 4.78 is 12.3. The Morgan fingerprint density at radius 2 is 0.860 bits per heavy atom. The second kappa shape index (κ2) is 34.5. The molecule has 0 aromatic rings. The maximum absolute atomic E-state index is 13.6. The zero-order valence-electron chi connectivity index (χ0n) is 38.5. The number of aliphatic hydroxyl groups is 1. The number of carbonyl (C=O) groups excluding carboxylic acids is 2. The molecule has 2 fully saturated rings. The van der Waals surface area contributed by atoms with Gasteiger partial charge in [-0.25, -0.2) is 0 Å². The maximum Gasteiger partial charge on any atom is 0.308 e. The zero-order chi connectivity index (χ0) is 41.2. The fraction of sp³-hybridized carbons (Fsp3) is 0.960. The van der Waals surface area contributed by atoms with E-state index in [2.05, 4.69) is 37.5 Å². The monoisotopic (exact) mass is 805 g/mol. The predicted octanol–water partition coefficient (Wildman–Crippen LogP) is 12.8. The number of unbranched alkanes of at least 4 members (excludes halogenated alkanes) is 17. The van der Waals surface area contributed by atoms with Crippen LogP contribution >= 0.6 is 0 Å². The number of carbonyl (C=O) groups is 2. The molecule has 2 aliphatic rings. The van der Waals surface area contributed by atoms with Gasteiger partial charge in [0.2, 0.25) is 0 Å². The molecule has 1 N–H and O–H groups in total. The lowest BCUT2D eigenvalue weighted by Gasteiger charge is -2.48. The van der Waals surface area contributed by atoms with E-state index in [1.807, 2.05) is 0 Å². The van der Waals surface area contributed by atoms with Gasteiger partial charge in [0.25, 0.3) is 0 Å². The van der Waals surface area contributed by atoms with Gasteiger partial charge in [-0.1, -0.05) is 156 Å². The first kappa shape index (κ1) is 52.0. The Hall–Kier alpha value is -1.18. The van der Waals surface area contributed by atoms with E-state index in [0.29, 0.717) is 25.2 Å². The van der Waals surface area contributed by atoms with Crippen LogP contribution in [0.5, 0.6) is 0 Å². The summed E-state index contributed by atoms with van der Waals surface area (Å²) in [6, 6.07) is 0.254. The average molecular weight is 805 g/mol. The molecule has 57 heavy (non-hydrogen) atoms. The molecule has 0 aromatic heterocycles. The third-order valence-electron chi connectivity index (χ3n) is 13.9. The number of hydrogen-bond acceptors (Lipinski definition) is 7. The molecule has 0 unspecified atom stereocenters. The van der Waals surface area contributed by atoms with E-state index in [4.69, 9.17) is 9.47 Å². The van der Waals surface area contributed by atoms with Crippen LogP contribution in [0.2, 0.25) is 0 Å². The molecule has 2 saturated heterocycles. The number of esters is 2. The molecular weight excluding hydrogens is 709 g/mol. The molecule has 2 rings (SSSR count). The van der Waals surface area contributed by atoms with Crippen LogP contribution in [0, 0.1) is 17.3 Å². The number of aliphatic hydroxyl groups excluding tert-OH is 1. The van der Waals surface area contributed by atoms with Gasteiger partial charge < -0.3 is 24.4 Å². The van der Waals surface area contributed by atoms with Crippen molar-refractivity contribution in [3.63, 3.8) is 0 Å². The van der Waals surface area contributed by atoms with Crippen LogP contribution < -0.4 is 0 Å². The number of rotatable bonds is 37. The van der Waals surface area contributed by atoms with Gasteiger partial charge in [-0.15, -0.1) is 0 Å². The van der Waals surface area contributed by atoms with Crippen LogP contribution in [-0.2, 0) is 19.1 Å². The highest BCUT2D eigenvalue weighted by Crippen LogP contribution is 2.42. The lowest BCUT2D eigenvalue weighted by molar-refractivity contribution is -0.150. The maximum atomic E-state index is 13.6. The molecule has 0 aromatic carbocycles. The Morgan fingerprint density at radius 1 is 0.491 bits per heavy atom. The van der Waals surface area contributed by atoms with Crippen LogP contribution in [0.4, 0.5) is 0 Å². The van der Waals surface area contributed by atoms with Crippen molar-refractivity contribution in [3.05, 3.63) is 0 Å². The van der Waals surface area contributed by atoms with E-state index >= 15 is 0 Å². The molecule has 0 atom stereocenters. The van der Waals surface area contributed by atoms with Crippen molar-refractivity contribution < 1.29 is 24.2 Å². The number of nitrogens with zero attached hydrogens (tertiary/aromatic N) is 2. The van der Waals surface area contributed by atoms with Gasteiger partial charge in [-0.05, 0) is 115 Å². The average Bonchev–Trinajstić information content (AvgIpc) is 3.22. The van der Waals surface area contributed by atoms with Gasteiger partial charge in [0.1, 0.15) is 0 Å². The summed E-state index contributed by atoms with van der Waals surface area (Å²) in [6.07, 6.45) is 36.9. The van der Waals surface area contributed by atoms with Gasteiger partial charge in [0.15, 0.2) is 0 Å². The zero-order valence-corrected chi connectivity index (χ0v) is 38.5. The van der Waals surface area contributed by atoms with Crippen molar-refractivity contribution in [2.75, 3.05) is 52.5 Å². The second-order valence-electron chi connectivity index (χ2n) is 18.6. The van der Waals surface area contributed by atoms with Crippen molar-refractivity contribution in [3.8, 4) is 0 Å². The molecule has 2 aliphatic heterocycles. The molecule has 0 radical (unpaired) electrons. The summed E-state index contributed by atoms with van der Waals surface area (Å²) in [4.78, 5) is 32.5. The number of ether oxygens (including phenoxy) is 2. The fourth-order valence-corrected chi connectivity index (χ4v) is 9.64. The van der Waals surface area contributed by atoms with E-state index < -0.39 is 0 Å². The van der Waals surface area contributed by atoms with E-state index in [-0.39, 0.29) is 29.8 Å². The topological polar surface area (TPSA) is 79.3 Å². The Labute approximate surface area is 353 Å². The minimum atomic E-state index is 0.0234. The first-order chi connectivity index (χ1) is 27.9. The lowest BCUT2D eigenvalue weighted by atomic mass is 9.71. The molecular formula is C50H96N2O5. The largest absolute Gasteiger partial charge is 0.465 e. The minimum Gasteiger partial charge on any atom is -0.465 e. The van der Waals surface area contributed by atoms with Crippen molar-refractivity contribution in [1.82, 2.24) is 9.80 Å². The van der Waals surface area contributed by atoms with E-state index in [9.17, 15) is 14.7 Å². The second-order valence-corrected chi connectivity index (χ2v) is 18.6. The third kappa shape index (κ3) is 24.0. The molecule has 0 saturated carbocycles. The van der Waals surface area contributed by atoms with E-state index in [0.717, 1.165) is 96.7 Å². The lowest BCUT2D eigenvalue weighted by Crippen LogP contribution is -2.50. The first-order valence-corrected chi connectivity index (χ1v) is 25.3. The Kier molecular flexibility index (Phi) is 31.5. The number of likely N-dealkylation sites (tertiary alicyclic amines) is 2. The normalized spacial score (nSPS) is 16.4. The molecule has 0 bridgehead atoms. The SMILES string of the molecule is CCCCCCCC(CCCCCCC)C(=O)OCCC(CCOC(=O)C(CCCCCCC)CCCCCCC)N1CCC2(CCN(CCCCO)CC2)CC1. The summed E-state index contributed by atoms with van der Waals surface area (Å²) >= 11 is 0. The van der Waals surface area contributed by atoms with E-state index in [1.165, 1.54) is 142 Å². The molecule has 7 nitrogen and oxygen atoms in total. The standard InChI is InChI=1S/C50H96N2O5/c1-5-9-13-17-21-27-45(28-22-18-14-10-6-2)48(54)56-43-31-47(52-40-35-50(36-41-52)33-38-51(39-34-50)37-25-26-42-53)32-44-57-49(55)46(29-23-19-15-11-7-3)30-24-20-16-12-8-4/h45-47,53H,5-44H2,1-4H3. The van der Waals surface area contributed by atoms with Crippen LogP contribution in [0.15, 0.2) is 0 Å². The molecule has 2 heterocycles. The first-order valence-electron chi connectivity index (χ1n) is 25.3. The smallest absolute Gasteiger partial charge is 0.308 e. The molecule has 1 spiro atoms. The molecule has 0 aliphatic carbocycles. The van der Waals surface area contributed by atoms with Crippen LogP contribution in [0.1, 0.15) is 233 Å². The molecule has 7 heteroatoms. The van der Waals surface area contributed by atoms with Crippen molar-refractivity contribution in [2.24, 2.45) is 17.3 Å². The van der Waals surface area contributed by atoms with Crippen LogP contribution in [0.3, 0.4) is 0 Å². The fourth-order valence-electron chi connectivity index (χ4n) is 9.64. The Balaban J connectivity index is 2.01. The Morgan fingerprint density at radius 3 is 1.23 bits per heavy atom. The van der Waals surface area contributed by atoms with Gasteiger partial charge >= 0.3 is 11.9 Å².